The predicted octanol–water partition coefficient (Wildman–Crippen LogP) is 3.58. The van der Waals surface area contributed by atoms with E-state index in [1.165, 1.54) is 5.56 Å². The second-order valence-corrected chi connectivity index (χ2v) is 4.27. The minimum absolute atomic E-state index is 0.655. The van der Waals surface area contributed by atoms with Crippen LogP contribution in [0.5, 0.6) is 5.75 Å². The summed E-state index contributed by atoms with van der Waals surface area (Å²) in [7, 11) is 0. The molecule has 2 heteroatoms. The van der Waals surface area contributed by atoms with Gasteiger partial charge in [-0.2, -0.15) is 0 Å². The lowest BCUT2D eigenvalue weighted by molar-refractivity contribution is 0.313. The van der Waals surface area contributed by atoms with E-state index >= 15 is 0 Å². The zero-order valence-electron chi connectivity index (χ0n) is 11.0. The molecule has 0 spiro atoms. The Balaban J connectivity index is 2.09. The molecule has 2 rings (SSSR count). The van der Waals surface area contributed by atoms with Crippen molar-refractivity contribution < 1.29 is 4.74 Å². The summed E-state index contributed by atoms with van der Waals surface area (Å²) in [5.41, 5.74) is 7.74. The van der Waals surface area contributed by atoms with Crippen molar-refractivity contribution in [2.75, 3.05) is 13.2 Å². The number of rotatable bonds is 6. The van der Waals surface area contributed by atoms with Crippen molar-refractivity contribution in [3.63, 3.8) is 0 Å². The van der Waals surface area contributed by atoms with Crippen LogP contribution in [0.1, 0.15) is 17.5 Å². The van der Waals surface area contributed by atoms with Gasteiger partial charge in [-0.15, -0.1) is 0 Å². The van der Waals surface area contributed by atoms with Gasteiger partial charge in [0.25, 0.3) is 0 Å². The van der Waals surface area contributed by atoms with E-state index in [1.807, 2.05) is 36.4 Å². The average Bonchev–Trinajstić information content (AvgIpc) is 2.48. The molecule has 0 aromatic heterocycles. The molecule has 0 radical (unpaired) electrons. The van der Waals surface area contributed by atoms with Crippen molar-refractivity contribution in [3.05, 3.63) is 65.7 Å². The first-order valence-corrected chi connectivity index (χ1v) is 6.55. The molecular weight excluding hydrogens is 234 g/mol. The first kappa shape index (κ1) is 13.4. The van der Waals surface area contributed by atoms with Crippen LogP contribution in [0, 0.1) is 0 Å². The fourth-order valence-corrected chi connectivity index (χ4v) is 1.77. The van der Waals surface area contributed by atoms with Crippen LogP contribution in [-0.2, 0) is 0 Å². The van der Waals surface area contributed by atoms with Crippen LogP contribution in [-0.4, -0.2) is 13.2 Å². The molecule has 0 bridgehead atoms. The molecule has 0 aliphatic rings. The predicted molar refractivity (Wildman–Crippen MR) is 81.0 cm³/mol. The van der Waals surface area contributed by atoms with Crippen LogP contribution in [0.3, 0.4) is 0 Å². The standard InChI is InChI=1S/C17H19NO/c18-13-6-14-19-17-10-5-4-9-16(17)12-11-15-7-2-1-3-8-15/h1-5,7-12H,6,13-14,18H2/b12-11+. The summed E-state index contributed by atoms with van der Waals surface area (Å²) < 4.78 is 5.73. The fraction of sp³-hybridized carbons (Fsp3) is 0.176. The lowest BCUT2D eigenvalue weighted by Gasteiger charge is -2.08. The molecule has 2 aromatic rings. The van der Waals surface area contributed by atoms with E-state index < -0.39 is 0 Å². The minimum atomic E-state index is 0.655. The van der Waals surface area contributed by atoms with Crippen molar-refractivity contribution in [1.29, 1.82) is 0 Å². The molecule has 0 saturated heterocycles. The molecule has 2 nitrogen and oxygen atoms in total. The number of benzene rings is 2. The molecule has 0 fully saturated rings. The molecule has 98 valence electrons. The van der Waals surface area contributed by atoms with Crippen LogP contribution in [0.15, 0.2) is 54.6 Å². The Labute approximate surface area is 114 Å². The third-order valence-corrected chi connectivity index (χ3v) is 2.78. The van der Waals surface area contributed by atoms with E-state index in [4.69, 9.17) is 10.5 Å². The minimum Gasteiger partial charge on any atom is -0.493 e. The Kier molecular flexibility index (Phi) is 5.20. The van der Waals surface area contributed by atoms with Gasteiger partial charge in [-0.25, -0.2) is 0 Å². The normalized spacial score (nSPS) is 10.8. The molecule has 0 atom stereocenters. The number of hydrogen-bond acceptors (Lipinski definition) is 2. The maximum absolute atomic E-state index is 5.73. The van der Waals surface area contributed by atoms with Crippen LogP contribution in [0.4, 0.5) is 0 Å². The van der Waals surface area contributed by atoms with Crippen LogP contribution >= 0.6 is 0 Å². The summed E-state index contributed by atoms with van der Waals surface area (Å²) in [5, 5.41) is 0. The van der Waals surface area contributed by atoms with Gasteiger partial charge < -0.3 is 10.5 Å². The number of para-hydroxylation sites is 1. The lowest BCUT2D eigenvalue weighted by atomic mass is 10.1. The zero-order valence-corrected chi connectivity index (χ0v) is 11.0. The van der Waals surface area contributed by atoms with Gasteiger partial charge in [-0.3, -0.25) is 0 Å². The largest absolute Gasteiger partial charge is 0.493 e. The van der Waals surface area contributed by atoms with E-state index in [9.17, 15) is 0 Å². The maximum Gasteiger partial charge on any atom is 0.126 e. The molecular formula is C17H19NO. The van der Waals surface area contributed by atoms with Gasteiger partial charge >= 0.3 is 0 Å². The van der Waals surface area contributed by atoms with E-state index in [-0.39, 0.29) is 0 Å². The SMILES string of the molecule is NCCCOc1ccccc1/C=C/c1ccccc1. The Morgan fingerprint density at radius 3 is 2.42 bits per heavy atom. The molecule has 19 heavy (non-hydrogen) atoms. The van der Waals surface area contributed by atoms with E-state index in [2.05, 4.69) is 30.4 Å². The van der Waals surface area contributed by atoms with Crippen molar-refractivity contribution in [1.82, 2.24) is 0 Å². The highest BCUT2D eigenvalue weighted by molar-refractivity contribution is 5.72. The van der Waals surface area contributed by atoms with Gasteiger partial charge in [0.05, 0.1) is 6.61 Å². The van der Waals surface area contributed by atoms with Gasteiger partial charge in [-0.05, 0) is 24.6 Å². The lowest BCUT2D eigenvalue weighted by Crippen LogP contribution is -2.06. The van der Waals surface area contributed by atoms with E-state index in [0.717, 1.165) is 17.7 Å². The summed E-state index contributed by atoms with van der Waals surface area (Å²) in [6.45, 7) is 1.31. The van der Waals surface area contributed by atoms with E-state index in [1.54, 1.807) is 0 Å². The van der Waals surface area contributed by atoms with Gasteiger partial charge in [0, 0.05) is 5.56 Å². The molecule has 0 heterocycles. The fourth-order valence-electron chi connectivity index (χ4n) is 1.77. The van der Waals surface area contributed by atoms with Crippen LogP contribution < -0.4 is 10.5 Å². The van der Waals surface area contributed by atoms with Gasteiger partial charge in [0.2, 0.25) is 0 Å². The quantitative estimate of drug-likeness (QED) is 0.631. The van der Waals surface area contributed by atoms with Crippen LogP contribution in [0.25, 0.3) is 12.2 Å². The van der Waals surface area contributed by atoms with Crippen LogP contribution in [0.2, 0.25) is 0 Å². The highest BCUT2D eigenvalue weighted by atomic mass is 16.5. The Morgan fingerprint density at radius 2 is 1.63 bits per heavy atom. The average molecular weight is 253 g/mol. The number of ether oxygens (including phenoxy) is 1. The highest BCUT2D eigenvalue weighted by Crippen LogP contribution is 2.20. The van der Waals surface area contributed by atoms with Gasteiger partial charge in [0.1, 0.15) is 5.75 Å². The summed E-state index contributed by atoms with van der Waals surface area (Å²) >= 11 is 0. The van der Waals surface area contributed by atoms with Gasteiger partial charge in [-0.1, -0.05) is 60.7 Å². The Hall–Kier alpha value is -2.06. The van der Waals surface area contributed by atoms with E-state index in [0.29, 0.717) is 13.2 Å². The monoisotopic (exact) mass is 253 g/mol. The van der Waals surface area contributed by atoms with Crippen molar-refractivity contribution in [2.45, 2.75) is 6.42 Å². The summed E-state index contributed by atoms with van der Waals surface area (Å²) in [6.07, 6.45) is 5.04. The smallest absolute Gasteiger partial charge is 0.126 e. The van der Waals surface area contributed by atoms with Crippen molar-refractivity contribution >= 4 is 12.2 Å². The third-order valence-electron chi connectivity index (χ3n) is 2.78. The second kappa shape index (κ2) is 7.39. The van der Waals surface area contributed by atoms with Crippen molar-refractivity contribution in [3.8, 4) is 5.75 Å². The molecule has 0 aliphatic carbocycles. The summed E-state index contributed by atoms with van der Waals surface area (Å²) in [4.78, 5) is 0. The molecule has 0 amide bonds. The first-order chi connectivity index (χ1) is 9.40. The maximum atomic E-state index is 5.73. The third kappa shape index (κ3) is 4.27. The van der Waals surface area contributed by atoms with Crippen molar-refractivity contribution in [2.24, 2.45) is 5.73 Å². The molecule has 0 aliphatic heterocycles. The number of hydrogen-bond donors (Lipinski definition) is 1. The number of nitrogens with two attached hydrogens (primary N) is 1. The molecule has 0 unspecified atom stereocenters. The summed E-state index contributed by atoms with van der Waals surface area (Å²) in [6, 6.07) is 18.3. The topological polar surface area (TPSA) is 35.2 Å². The first-order valence-electron chi connectivity index (χ1n) is 6.55. The highest BCUT2D eigenvalue weighted by Gasteiger charge is 1.99. The van der Waals surface area contributed by atoms with Gasteiger partial charge in [0.15, 0.2) is 0 Å². The Morgan fingerprint density at radius 1 is 0.895 bits per heavy atom. The molecule has 2 N–H and O–H groups in total. The Bertz CT molecular complexity index is 520. The zero-order chi connectivity index (χ0) is 13.3. The second-order valence-electron chi connectivity index (χ2n) is 4.27. The molecule has 0 saturated carbocycles. The summed E-state index contributed by atoms with van der Waals surface area (Å²) in [5.74, 6) is 0.906. The molecule has 2 aromatic carbocycles.